The summed E-state index contributed by atoms with van der Waals surface area (Å²) in [5.41, 5.74) is 7.76. The number of benzene rings is 3. The first kappa shape index (κ1) is 22.6. The Morgan fingerprint density at radius 1 is 1.08 bits per heavy atom. The SMILES string of the molecule is Cc1[nH]c2ccccc2c1/C=c1/sc2n(c1=O)[C@@H](c1cccc([N+](=O)[O-])c1)C1=C(N=2)c2ccccc2CC1. The Kier molecular flexibility index (Phi) is 5.06. The molecule has 7 nitrogen and oxygen atoms in total. The van der Waals surface area contributed by atoms with Crippen LogP contribution in [0, 0.1) is 17.0 Å². The highest BCUT2D eigenvalue weighted by molar-refractivity contribution is 7.07. The minimum Gasteiger partial charge on any atom is -0.358 e. The normalized spacial score (nSPS) is 16.7. The molecule has 1 aliphatic carbocycles. The van der Waals surface area contributed by atoms with Crippen molar-refractivity contribution in [1.82, 2.24) is 9.55 Å². The second kappa shape index (κ2) is 8.49. The van der Waals surface area contributed by atoms with E-state index in [0.29, 0.717) is 9.33 Å². The molecule has 0 bridgehead atoms. The number of nitro benzene ring substituents is 1. The number of non-ortho nitro benzene ring substituents is 1. The Hall–Kier alpha value is -4.56. The van der Waals surface area contributed by atoms with Gasteiger partial charge in [-0.2, -0.15) is 0 Å². The van der Waals surface area contributed by atoms with E-state index in [2.05, 4.69) is 17.1 Å². The van der Waals surface area contributed by atoms with Crippen molar-refractivity contribution in [3.8, 4) is 0 Å². The third kappa shape index (κ3) is 3.41. The highest BCUT2D eigenvalue weighted by atomic mass is 32.1. The van der Waals surface area contributed by atoms with Gasteiger partial charge in [0.1, 0.15) is 0 Å². The number of nitro groups is 1. The number of rotatable bonds is 3. The Morgan fingerprint density at radius 3 is 2.76 bits per heavy atom. The minimum atomic E-state index is -0.458. The zero-order valence-electron chi connectivity index (χ0n) is 20.5. The molecule has 7 rings (SSSR count). The number of allylic oxidation sites excluding steroid dienone is 1. The highest BCUT2D eigenvalue weighted by Gasteiger charge is 2.33. The molecular weight excluding hydrogens is 496 g/mol. The maximum absolute atomic E-state index is 14.0. The molecule has 0 saturated heterocycles. The number of para-hydroxylation sites is 1. The fourth-order valence-electron chi connectivity index (χ4n) is 5.75. The van der Waals surface area contributed by atoms with Gasteiger partial charge in [-0.15, -0.1) is 0 Å². The summed E-state index contributed by atoms with van der Waals surface area (Å²) < 4.78 is 2.31. The number of thiazole rings is 1. The van der Waals surface area contributed by atoms with Gasteiger partial charge in [-0.1, -0.05) is 65.9 Å². The summed E-state index contributed by atoms with van der Waals surface area (Å²) in [5, 5.41) is 12.7. The van der Waals surface area contributed by atoms with E-state index in [1.165, 1.54) is 23.0 Å². The van der Waals surface area contributed by atoms with Crippen LogP contribution in [-0.4, -0.2) is 14.5 Å². The quantitative estimate of drug-likeness (QED) is 0.269. The lowest BCUT2D eigenvalue weighted by Gasteiger charge is -2.30. The number of hydrogen-bond acceptors (Lipinski definition) is 5. The number of nitrogens with zero attached hydrogens (tertiary/aromatic N) is 3. The van der Waals surface area contributed by atoms with Gasteiger partial charge in [0.25, 0.3) is 11.2 Å². The smallest absolute Gasteiger partial charge is 0.271 e. The number of nitrogens with one attached hydrogen (secondary N) is 1. The summed E-state index contributed by atoms with van der Waals surface area (Å²) in [4.78, 5) is 34.3. The van der Waals surface area contributed by atoms with Gasteiger partial charge in [0.15, 0.2) is 4.80 Å². The van der Waals surface area contributed by atoms with Crippen LogP contribution in [0.15, 0.2) is 88.2 Å². The summed E-state index contributed by atoms with van der Waals surface area (Å²) in [7, 11) is 0. The fraction of sp³-hybridized carbons (Fsp3) is 0.133. The van der Waals surface area contributed by atoms with E-state index in [4.69, 9.17) is 4.99 Å². The Morgan fingerprint density at radius 2 is 1.89 bits per heavy atom. The van der Waals surface area contributed by atoms with Crippen LogP contribution >= 0.6 is 11.3 Å². The molecular formula is C30H22N4O3S. The first-order chi connectivity index (χ1) is 18.5. The fourth-order valence-corrected chi connectivity index (χ4v) is 6.73. The van der Waals surface area contributed by atoms with Gasteiger partial charge in [0.2, 0.25) is 0 Å². The van der Waals surface area contributed by atoms with Crippen molar-refractivity contribution in [2.45, 2.75) is 25.8 Å². The van der Waals surface area contributed by atoms with Crippen LogP contribution in [0.1, 0.15) is 40.4 Å². The Bertz CT molecular complexity index is 2010. The molecule has 0 fully saturated rings. The first-order valence-corrected chi connectivity index (χ1v) is 13.3. The number of aryl methyl sites for hydroxylation is 2. The standard InChI is InChI=1S/C30H22N4O3S/c1-17-24(22-11-4-5-12-25(22)31-17)16-26-29(35)33-28(19-8-6-9-20(15-19)34(36)37)23-14-13-18-7-2-3-10-21(18)27(23)32-30(33)38-26/h2-12,15-16,28,31H,13-14H2,1H3/b26-16+/t28-/m0/s1. The van der Waals surface area contributed by atoms with E-state index >= 15 is 0 Å². The number of fused-ring (bicyclic) bond motifs is 4. The van der Waals surface area contributed by atoms with E-state index in [0.717, 1.165) is 57.4 Å². The molecule has 0 radical (unpaired) electrons. The number of H-pyrrole nitrogens is 1. The molecule has 38 heavy (non-hydrogen) atoms. The lowest BCUT2D eigenvalue weighted by atomic mass is 9.83. The maximum atomic E-state index is 14.0. The van der Waals surface area contributed by atoms with Gasteiger partial charge in [-0.3, -0.25) is 19.5 Å². The lowest BCUT2D eigenvalue weighted by molar-refractivity contribution is -0.384. The van der Waals surface area contributed by atoms with Gasteiger partial charge in [0, 0.05) is 39.9 Å². The van der Waals surface area contributed by atoms with E-state index in [1.54, 1.807) is 16.7 Å². The summed E-state index contributed by atoms with van der Waals surface area (Å²) in [6.07, 6.45) is 3.50. The van der Waals surface area contributed by atoms with Crippen LogP contribution in [0.25, 0.3) is 22.7 Å². The van der Waals surface area contributed by atoms with Crippen LogP contribution < -0.4 is 14.9 Å². The summed E-state index contributed by atoms with van der Waals surface area (Å²) in [6.45, 7) is 2.00. The first-order valence-electron chi connectivity index (χ1n) is 12.4. The largest absolute Gasteiger partial charge is 0.358 e. The van der Waals surface area contributed by atoms with Crippen molar-refractivity contribution < 1.29 is 4.92 Å². The van der Waals surface area contributed by atoms with E-state index < -0.39 is 11.0 Å². The monoisotopic (exact) mass is 518 g/mol. The number of aromatic nitrogens is 2. The topological polar surface area (TPSA) is 93.3 Å². The molecule has 0 saturated carbocycles. The summed E-state index contributed by atoms with van der Waals surface area (Å²) in [5.74, 6) is 0. The van der Waals surface area contributed by atoms with Crippen LogP contribution in [0.3, 0.4) is 0 Å². The molecule has 1 N–H and O–H groups in total. The lowest BCUT2D eigenvalue weighted by Crippen LogP contribution is -2.38. The second-order valence-corrected chi connectivity index (χ2v) is 10.7. The molecule has 1 atom stereocenters. The molecule has 0 spiro atoms. The van der Waals surface area contributed by atoms with Crippen LogP contribution in [0.5, 0.6) is 0 Å². The third-order valence-electron chi connectivity index (χ3n) is 7.49. The van der Waals surface area contributed by atoms with Crippen molar-refractivity contribution >= 4 is 39.7 Å². The van der Waals surface area contributed by atoms with Gasteiger partial charge in [-0.25, -0.2) is 4.99 Å². The zero-order valence-corrected chi connectivity index (χ0v) is 21.3. The minimum absolute atomic E-state index is 0.00871. The Labute approximate surface area is 220 Å². The number of aromatic amines is 1. The van der Waals surface area contributed by atoms with Crippen molar-refractivity contribution in [1.29, 1.82) is 0 Å². The van der Waals surface area contributed by atoms with Crippen LogP contribution in [-0.2, 0) is 6.42 Å². The van der Waals surface area contributed by atoms with Crippen LogP contribution in [0.2, 0.25) is 0 Å². The summed E-state index contributed by atoms with van der Waals surface area (Å²) >= 11 is 1.36. The van der Waals surface area contributed by atoms with Crippen molar-refractivity contribution in [2.24, 2.45) is 4.99 Å². The zero-order chi connectivity index (χ0) is 26.0. The molecule has 1 aliphatic heterocycles. The second-order valence-electron chi connectivity index (χ2n) is 9.68. The van der Waals surface area contributed by atoms with E-state index in [-0.39, 0.29) is 11.2 Å². The van der Waals surface area contributed by atoms with Crippen molar-refractivity contribution in [3.63, 3.8) is 0 Å². The predicted octanol–water partition coefficient (Wildman–Crippen LogP) is 5.02. The highest BCUT2D eigenvalue weighted by Crippen LogP contribution is 2.41. The molecule has 3 aromatic carbocycles. The van der Waals surface area contributed by atoms with Crippen molar-refractivity contribution in [3.05, 3.63) is 136 Å². The third-order valence-corrected chi connectivity index (χ3v) is 8.47. The number of hydrogen-bond donors (Lipinski definition) is 1. The van der Waals surface area contributed by atoms with E-state index in [9.17, 15) is 14.9 Å². The van der Waals surface area contributed by atoms with Gasteiger partial charge in [0.05, 0.1) is 21.2 Å². The van der Waals surface area contributed by atoms with E-state index in [1.807, 2.05) is 55.5 Å². The Balaban J connectivity index is 1.51. The van der Waals surface area contributed by atoms with Crippen LogP contribution in [0.4, 0.5) is 5.69 Å². The molecule has 186 valence electrons. The van der Waals surface area contributed by atoms with Gasteiger partial charge in [-0.05, 0) is 48.6 Å². The summed E-state index contributed by atoms with van der Waals surface area (Å²) in [6, 6.07) is 22.4. The molecule has 8 heteroatoms. The molecule has 3 heterocycles. The average molecular weight is 519 g/mol. The maximum Gasteiger partial charge on any atom is 0.271 e. The van der Waals surface area contributed by atoms with Gasteiger partial charge >= 0.3 is 0 Å². The molecule has 2 aromatic heterocycles. The van der Waals surface area contributed by atoms with Crippen molar-refractivity contribution in [2.75, 3.05) is 0 Å². The molecule has 2 aliphatic rings. The molecule has 5 aromatic rings. The average Bonchev–Trinajstić information content (AvgIpc) is 3.42. The molecule has 0 unspecified atom stereocenters. The molecule has 0 amide bonds. The predicted molar refractivity (Wildman–Crippen MR) is 149 cm³/mol. The van der Waals surface area contributed by atoms with Gasteiger partial charge < -0.3 is 4.98 Å².